The summed E-state index contributed by atoms with van der Waals surface area (Å²) in [7, 11) is 0. The second-order valence-electron chi connectivity index (χ2n) is 5.33. The third-order valence-electron chi connectivity index (χ3n) is 3.10. The van der Waals surface area contributed by atoms with Crippen LogP contribution in [0.4, 0.5) is 0 Å². The van der Waals surface area contributed by atoms with Gasteiger partial charge in [-0.05, 0) is 12.8 Å². The normalized spacial score (nSPS) is 31.4. The molecule has 0 radical (unpaired) electrons. The van der Waals surface area contributed by atoms with Gasteiger partial charge in [0.05, 0.1) is 6.42 Å². The van der Waals surface area contributed by atoms with Gasteiger partial charge in [-0.15, -0.1) is 0 Å². The monoisotopic (exact) mass is 248 g/mol. The number of carbonyl (C=O) groups excluding carboxylic acids is 1. The average molecular weight is 248 g/mol. The van der Waals surface area contributed by atoms with Crippen LogP contribution in [0.1, 0.15) is 33.6 Å². The molecule has 18 heavy (non-hydrogen) atoms. The molecule has 3 nitrogen and oxygen atoms in total. The van der Waals surface area contributed by atoms with Gasteiger partial charge in [0.25, 0.3) is 0 Å². The highest BCUT2D eigenvalue weighted by Gasteiger charge is 2.65. The van der Waals surface area contributed by atoms with E-state index in [4.69, 9.17) is 9.47 Å². The topological polar surface area (TPSA) is 38.8 Å². The van der Waals surface area contributed by atoms with Crippen molar-refractivity contribution in [2.24, 2.45) is 5.92 Å². The number of ether oxygens (including phenoxy) is 2. The van der Waals surface area contributed by atoms with E-state index in [9.17, 15) is 4.79 Å². The third kappa shape index (κ3) is 3.10. The van der Waals surface area contributed by atoms with E-state index in [1.807, 2.05) is 0 Å². The largest absolute Gasteiger partial charge is 0.432 e. The molecule has 2 rings (SSSR count). The summed E-state index contributed by atoms with van der Waals surface area (Å²) in [6.45, 7) is 6.35. The van der Waals surface area contributed by atoms with E-state index in [0.717, 1.165) is 6.42 Å². The van der Waals surface area contributed by atoms with Crippen molar-refractivity contribution in [2.75, 3.05) is 0 Å². The van der Waals surface area contributed by atoms with Crippen molar-refractivity contribution >= 4 is 5.97 Å². The summed E-state index contributed by atoms with van der Waals surface area (Å²) in [5.41, 5.74) is 0.840. The third-order valence-corrected chi connectivity index (χ3v) is 3.10. The van der Waals surface area contributed by atoms with Gasteiger partial charge < -0.3 is 9.47 Å². The zero-order valence-corrected chi connectivity index (χ0v) is 11.2. The highest BCUT2D eigenvalue weighted by Crippen LogP contribution is 2.49. The Morgan fingerprint density at radius 3 is 2.94 bits per heavy atom. The van der Waals surface area contributed by atoms with Gasteiger partial charge in [0.15, 0.2) is 0 Å². The molecule has 2 unspecified atom stereocenters. The zero-order chi connectivity index (χ0) is 13.2. The molecule has 2 aliphatic rings. The molecule has 0 aromatic carbocycles. The van der Waals surface area contributed by atoms with Gasteiger partial charge in [-0.2, -0.15) is 0 Å². The summed E-state index contributed by atoms with van der Waals surface area (Å²) >= 11 is 0. The second-order valence-corrected chi connectivity index (χ2v) is 5.33. The fraction of sp³-hybridized carbons (Fsp3) is 0.533. The lowest BCUT2D eigenvalue weighted by molar-refractivity contribution is -0.147. The van der Waals surface area contributed by atoms with Crippen molar-refractivity contribution in [3.63, 3.8) is 0 Å². The van der Waals surface area contributed by atoms with E-state index < -0.39 is 0 Å². The minimum atomic E-state index is -0.346. The van der Waals surface area contributed by atoms with Gasteiger partial charge in [0, 0.05) is 6.42 Å². The van der Waals surface area contributed by atoms with Gasteiger partial charge in [-0.1, -0.05) is 49.8 Å². The van der Waals surface area contributed by atoms with Crippen molar-refractivity contribution < 1.29 is 14.3 Å². The first-order valence-corrected chi connectivity index (χ1v) is 6.41. The molecule has 98 valence electrons. The number of hydrogen-bond donors (Lipinski definition) is 0. The quantitative estimate of drug-likeness (QED) is 0.426. The highest BCUT2D eigenvalue weighted by molar-refractivity contribution is 5.75. The lowest BCUT2D eigenvalue weighted by Crippen LogP contribution is -2.09. The van der Waals surface area contributed by atoms with Crippen LogP contribution >= 0.6 is 0 Å². The van der Waals surface area contributed by atoms with E-state index in [1.54, 1.807) is 0 Å². The van der Waals surface area contributed by atoms with Crippen LogP contribution in [0.3, 0.4) is 0 Å². The number of allylic oxidation sites excluding steroid dienone is 5. The molecule has 2 heterocycles. The van der Waals surface area contributed by atoms with Crippen LogP contribution < -0.4 is 0 Å². The molecule has 0 aromatic heterocycles. The Morgan fingerprint density at radius 2 is 2.33 bits per heavy atom. The van der Waals surface area contributed by atoms with Crippen LogP contribution in [0.15, 0.2) is 36.0 Å². The SMILES string of the molecule is CC(C=CCC12CC(=O)OC1O2)=CC=CC(C)C. The lowest BCUT2D eigenvalue weighted by atomic mass is 10.0. The van der Waals surface area contributed by atoms with Crippen LogP contribution in [-0.4, -0.2) is 17.9 Å². The summed E-state index contributed by atoms with van der Waals surface area (Å²) in [6.07, 6.45) is 11.2. The predicted octanol–water partition coefficient (Wildman–Crippen LogP) is 3.13. The zero-order valence-electron chi connectivity index (χ0n) is 11.2. The molecule has 2 fully saturated rings. The maximum atomic E-state index is 11.0. The van der Waals surface area contributed by atoms with Crippen molar-refractivity contribution in [2.45, 2.75) is 45.5 Å². The van der Waals surface area contributed by atoms with E-state index >= 15 is 0 Å². The van der Waals surface area contributed by atoms with E-state index in [0.29, 0.717) is 12.3 Å². The number of rotatable bonds is 5. The first kappa shape index (κ1) is 13.1. The average Bonchev–Trinajstić information content (AvgIpc) is 2.80. The Labute approximate surface area is 108 Å². The maximum absolute atomic E-state index is 11.0. The molecule has 0 aromatic rings. The van der Waals surface area contributed by atoms with Crippen molar-refractivity contribution in [3.8, 4) is 0 Å². The highest BCUT2D eigenvalue weighted by atomic mass is 16.8. The van der Waals surface area contributed by atoms with E-state index in [1.165, 1.54) is 5.57 Å². The number of esters is 1. The van der Waals surface area contributed by atoms with Crippen LogP contribution in [0.2, 0.25) is 0 Å². The van der Waals surface area contributed by atoms with E-state index in [2.05, 4.69) is 51.2 Å². The fourth-order valence-corrected chi connectivity index (χ4v) is 1.99. The van der Waals surface area contributed by atoms with Crippen molar-refractivity contribution in [1.82, 2.24) is 0 Å². The summed E-state index contributed by atoms with van der Waals surface area (Å²) in [5, 5.41) is 0. The molecule has 0 spiro atoms. The van der Waals surface area contributed by atoms with Crippen LogP contribution in [0.5, 0.6) is 0 Å². The molecule has 0 saturated carbocycles. The maximum Gasteiger partial charge on any atom is 0.311 e. The Bertz CT molecular complexity index is 417. The lowest BCUT2D eigenvalue weighted by Gasteiger charge is -1.99. The van der Waals surface area contributed by atoms with Crippen molar-refractivity contribution in [1.29, 1.82) is 0 Å². The Hall–Kier alpha value is -1.35. The molecule has 2 atom stereocenters. The predicted molar refractivity (Wildman–Crippen MR) is 69.8 cm³/mol. The summed E-state index contributed by atoms with van der Waals surface area (Å²) < 4.78 is 10.3. The molecule has 2 saturated heterocycles. The molecule has 3 heteroatoms. The van der Waals surface area contributed by atoms with Gasteiger partial charge in [-0.25, -0.2) is 0 Å². The second kappa shape index (κ2) is 5.11. The number of epoxide rings is 1. The fourth-order valence-electron chi connectivity index (χ4n) is 1.99. The summed E-state index contributed by atoms with van der Waals surface area (Å²) in [4.78, 5) is 11.0. The first-order chi connectivity index (χ1) is 8.52. The number of carbonyl (C=O) groups is 1. The molecule has 2 aliphatic heterocycles. The summed E-state index contributed by atoms with van der Waals surface area (Å²) in [6, 6.07) is 0. The minimum absolute atomic E-state index is 0.146. The standard InChI is InChI=1S/C15H20O3/c1-11(2)6-4-7-12(3)8-5-9-15-10-13(16)17-14(15)18-15/h4-8,11,14H,9-10H2,1-3H3. The molecule has 0 N–H and O–H groups in total. The Balaban J connectivity index is 1.80. The number of hydrogen-bond acceptors (Lipinski definition) is 3. The van der Waals surface area contributed by atoms with Crippen LogP contribution in [-0.2, 0) is 14.3 Å². The smallest absolute Gasteiger partial charge is 0.311 e. The molecular weight excluding hydrogens is 228 g/mol. The van der Waals surface area contributed by atoms with Crippen molar-refractivity contribution in [3.05, 3.63) is 36.0 Å². The Morgan fingerprint density at radius 1 is 1.56 bits per heavy atom. The first-order valence-electron chi connectivity index (χ1n) is 6.41. The van der Waals surface area contributed by atoms with Gasteiger partial charge in [0.2, 0.25) is 6.29 Å². The molecule has 0 bridgehead atoms. The number of fused-ring (bicyclic) bond motifs is 1. The van der Waals surface area contributed by atoms with Gasteiger partial charge in [0.1, 0.15) is 5.60 Å². The molecular formula is C15H20O3. The van der Waals surface area contributed by atoms with Gasteiger partial charge >= 0.3 is 5.97 Å². The van der Waals surface area contributed by atoms with Gasteiger partial charge in [-0.3, -0.25) is 4.79 Å². The molecule has 0 amide bonds. The van der Waals surface area contributed by atoms with E-state index in [-0.39, 0.29) is 17.9 Å². The Kier molecular flexibility index (Phi) is 3.71. The summed E-state index contributed by atoms with van der Waals surface area (Å²) in [5.74, 6) is 0.422. The molecule has 0 aliphatic carbocycles. The van der Waals surface area contributed by atoms with Crippen LogP contribution in [0.25, 0.3) is 0 Å². The van der Waals surface area contributed by atoms with Crippen LogP contribution in [0, 0.1) is 5.92 Å². The minimum Gasteiger partial charge on any atom is -0.432 e.